The number of nitrogens with zero attached hydrogens (tertiary/aromatic N) is 1. The Balaban J connectivity index is 1.66. The summed E-state index contributed by atoms with van der Waals surface area (Å²) in [5, 5.41) is 2.58. The molecule has 0 aromatic heterocycles. The quantitative estimate of drug-likeness (QED) is 0.910. The van der Waals surface area contributed by atoms with Gasteiger partial charge in [-0.25, -0.2) is 0 Å². The van der Waals surface area contributed by atoms with Crippen LogP contribution in [-0.2, 0) is 9.59 Å². The molecular weight excluding hydrogens is 272 g/mol. The Kier molecular flexibility index (Phi) is 3.96. The van der Waals surface area contributed by atoms with Crippen LogP contribution in [0.25, 0.3) is 0 Å². The molecule has 2 heterocycles. The predicted octanol–water partition coefficient (Wildman–Crippen LogP) is 2.50. The summed E-state index contributed by atoms with van der Waals surface area (Å²) < 4.78 is 0. The number of rotatable bonds is 2. The van der Waals surface area contributed by atoms with Crippen LogP contribution in [0.5, 0.6) is 0 Å². The zero-order chi connectivity index (χ0) is 13.9. The molecule has 0 radical (unpaired) electrons. The molecular formula is C15H18N2O2S. The second-order valence-electron chi connectivity index (χ2n) is 5.24. The van der Waals surface area contributed by atoms with Crippen LogP contribution < -0.4 is 5.32 Å². The molecule has 1 unspecified atom stereocenters. The van der Waals surface area contributed by atoms with E-state index >= 15 is 0 Å². The third-order valence-electron chi connectivity index (χ3n) is 3.78. The van der Waals surface area contributed by atoms with Crippen LogP contribution in [0.15, 0.2) is 29.2 Å². The van der Waals surface area contributed by atoms with E-state index in [4.69, 9.17) is 0 Å². The molecule has 1 N–H and O–H groups in total. The van der Waals surface area contributed by atoms with Crippen molar-refractivity contribution in [1.29, 1.82) is 0 Å². The van der Waals surface area contributed by atoms with Gasteiger partial charge >= 0.3 is 0 Å². The number of nitrogens with one attached hydrogen (secondary N) is 1. The highest BCUT2D eigenvalue weighted by molar-refractivity contribution is 8.01. The summed E-state index contributed by atoms with van der Waals surface area (Å²) in [6, 6.07) is 7.73. The third kappa shape index (κ3) is 2.82. The van der Waals surface area contributed by atoms with Crippen LogP contribution in [0.3, 0.4) is 0 Å². The van der Waals surface area contributed by atoms with Crippen molar-refractivity contribution in [3.63, 3.8) is 0 Å². The Morgan fingerprint density at radius 2 is 2.00 bits per heavy atom. The molecule has 2 aliphatic heterocycles. The fraction of sp³-hybridized carbons (Fsp3) is 0.467. The van der Waals surface area contributed by atoms with E-state index in [9.17, 15) is 9.59 Å². The first-order valence-corrected chi connectivity index (χ1v) is 7.96. The molecule has 3 rings (SSSR count). The minimum absolute atomic E-state index is 0.0564. The maximum Gasteiger partial charge on any atom is 0.238 e. The number of para-hydroxylation sites is 1. The molecule has 0 bridgehead atoms. The summed E-state index contributed by atoms with van der Waals surface area (Å²) >= 11 is 1.50. The van der Waals surface area contributed by atoms with Crippen LogP contribution in [0.4, 0.5) is 5.69 Å². The van der Waals surface area contributed by atoms with Gasteiger partial charge in [0.2, 0.25) is 11.8 Å². The maximum atomic E-state index is 12.3. The minimum atomic E-state index is -0.306. The van der Waals surface area contributed by atoms with Gasteiger partial charge in [0, 0.05) is 24.4 Å². The number of carbonyl (C=O) groups excluding carboxylic acids is 2. The number of likely N-dealkylation sites (tertiary alicyclic amines) is 1. The molecule has 2 amide bonds. The number of benzene rings is 1. The number of hydrogen-bond donors (Lipinski definition) is 1. The second kappa shape index (κ2) is 5.87. The van der Waals surface area contributed by atoms with Gasteiger partial charge in [0.15, 0.2) is 0 Å². The molecule has 0 spiro atoms. The molecule has 1 atom stereocenters. The summed E-state index contributed by atoms with van der Waals surface area (Å²) in [4.78, 5) is 27.3. The molecule has 0 saturated carbocycles. The van der Waals surface area contributed by atoms with Crippen LogP contribution in [0.1, 0.15) is 25.7 Å². The lowest BCUT2D eigenvalue weighted by molar-refractivity contribution is -0.133. The van der Waals surface area contributed by atoms with Crippen LogP contribution >= 0.6 is 11.8 Å². The number of fused-ring (bicyclic) bond motifs is 1. The topological polar surface area (TPSA) is 49.4 Å². The highest BCUT2D eigenvalue weighted by Gasteiger charge is 2.30. The summed E-state index contributed by atoms with van der Waals surface area (Å²) in [6.45, 7) is 1.68. The van der Waals surface area contributed by atoms with Crippen LogP contribution in [-0.4, -0.2) is 35.1 Å². The highest BCUT2D eigenvalue weighted by atomic mass is 32.2. The average molecular weight is 290 g/mol. The third-order valence-corrected chi connectivity index (χ3v) is 5.05. The Morgan fingerprint density at radius 3 is 2.80 bits per heavy atom. The van der Waals surface area contributed by atoms with E-state index in [0.29, 0.717) is 6.42 Å². The van der Waals surface area contributed by atoms with Crippen molar-refractivity contribution in [2.24, 2.45) is 0 Å². The van der Waals surface area contributed by atoms with Crippen molar-refractivity contribution in [1.82, 2.24) is 4.90 Å². The van der Waals surface area contributed by atoms with Gasteiger partial charge < -0.3 is 10.2 Å². The standard InChI is InChI=1S/C15H18N2O2S/c18-14(17-8-4-1-5-9-17)10-13-15(19)16-11-6-2-3-7-12(11)20-13/h2-3,6-7,13H,1,4-5,8-10H2,(H,16,19). The summed E-state index contributed by atoms with van der Waals surface area (Å²) in [5.41, 5.74) is 0.851. The maximum absolute atomic E-state index is 12.3. The molecule has 1 aromatic carbocycles. The number of hydrogen-bond acceptors (Lipinski definition) is 3. The number of anilines is 1. The first-order valence-electron chi connectivity index (χ1n) is 7.08. The van der Waals surface area contributed by atoms with Gasteiger partial charge in [0.1, 0.15) is 0 Å². The molecule has 20 heavy (non-hydrogen) atoms. The van der Waals surface area contributed by atoms with Crippen molar-refractivity contribution >= 4 is 29.3 Å². The van der Waals surface area contributed by atoms with Crippen molar-refractivity contribution in [3.8, 4) is 0 Å². The smallest absolute Gasteiger partial charge is 0.238 e. The Morgan fingerprint density at radius 1 is 1.25 bits per heavy atom. The lowest BCUT2D eigenvalue weighted by Crippen LogP contribution is -2.39. The Labute approximate surface area is 122 Å². The molecule has 0 aliphatic carbocycles. The van der Waals surface area contributed by atoms with Gasteiger partial charge in [-0.1, -0.05) is 12.1 Å². The first kappa shape index (κ1) is 13.5. The highest BCUT2D eigenvalue weighted by Crippen LogP contribution is 2.36. The molecule has 1 fully saturated rings. The lowest BCUT2D eigenvalue weighted by Gasteiger charge is -2.29. The summed E-state index contributed by atoms with van der Waals surface area (Å²) in [7, 11) is 0. The number of carbonyl (C=O) groups is 2. The Bertz CT molecular complexity index is 526. The van der Waals surface area contributed by atoms with E-state index in [2.05, 4.69) is 5.32 Å². The van der Waals surface area contributed by atoms with E-state index in [1.165, 1.54) is 18.2 Å². The lowest BCUT2D eigenvalue weighted by atomic mass is 10.1. The zero-order valence-electron chi connectivity index (χ0n) is 11.3. The fourth-order valence-corrected chi connectivity index (χ4v) is 3.76. The predicted molar refractivity (Wildman–Crippen MR) is 79.8 cm³/mol. The van der Waals surface area contributed by atoms with Gasteiger partial charge in [-0.2, -0.15) is 0 Å². The number of amides is 2. The van der Waals surface area contributed by atoms with Crippen LogP contribution in [0.2, 0.25) is 0 Å². The van der Waals surface area contributed by atoms with Gasteiger partial charge in [-0.05, 0) is 31.4 Å². The van der Waals surface area contributed by atoms with Crippen LogP contribution in [0, 0.1) is 0 Å². The number of thioether (sulfide) groups is 1. The molecule has 4 nitrogen and oxygen atoms in total. The second-order valence-corrected chi connectivity index (χ2v) is 6.48. The van der Waals surface area contributed by atoms with Gasteiger partial charge in [-0.15, -0.1) is 11.8 Å². The van der Waals surface area contributed by atoms with Crippen molar-refractivity contribution in [3.05, 3.63) is 24.3 Å². The molecule has 1 saturated heterocycles. The van der Waals surface area contributed by atoms with Crippen molar-refractivity contribution in [2.45, 2.75) is 35.8 Å². The van der Waals surface area contributed by atoms with Crippen molar-refractivity contribution < 1.29 is 9.59 Å². The van der Waals surface area contributed by atoms with E-state index in [0.717, 1.165) is 36.5 Å². The van der Waals surface area contributed by atoms with Crippen molar-refractivity contribution in [2.75, 3.05) is 18.4 Å². The van der Waals surface area contributed by atoms with E-state index in [1.807, 2.05) is 29.2 Å². The molecule has 106 valence electrons. The fourth-order valence-electron chi connectivity index (χ4n) is 2.66. The molecule has 1 aromatic rings. The summed E-state index contributed by atoms with van der Waals surface area (Å²) in [6.07, 6.45) is 3.66. The molecule has 5 heteroatoms. The Hall–Kier alpha value is -1.49. The molecule has 2 aliphatic rings. The monoisotopic (exact) mass is 290 g/mol. The summed E-state index contributed by atoms with van der Waals surface area (Å²) in [5.74, 6) is 0.0517. The van der Waals surface area contributed by atoms with Gasteiger partial charge in [0.25, 0.3) is 0 Å². The normalized spacial score (nSPS) is 22.1. The van der Waals surface area contributed by atoms with E-state index in [1.54, 1.807) is 0 Å². The van der Waals surface area contributed by atoms with E-state index in [-0.39, 0.29) is 17.1 Å². The first-order chi connectivity index (χ1) is 9.74. The zero-order valence-corrected chi connectivity index (χ0v) is 12.1. The van der Waals surface area contributed by atoms with Gasteiger partial charge in [0.05, 0.1) is 10.9 Å². The van der Waals surface area contributed by atoms with E-state index < -0.39 is 0 Å². The largest absolute Gasteiger partial charge is 0.343 e. The van der Waals surface area contributed by atoms with Gasteiger partial charge in [-0.3, -0.25) is 9.59 Å². The average Bonchev–Trinajstić information content (AvgIpc) is 2.49. The SMILES string of the molecule is O=C1Nc2ccccc2SC1CC(=O)N1CCCCC1. The number of piperidine rings is 1. The minimum Gasteiger partial charge on any atom is -0.343 e.